The number of benzene rings is 2. The van der Waals surface area contributed by atoms with E-state index in [0.717, 1.165) is 17.3 Å². The van der Waals surface area contributed by atoms with Crippen LogP contribution in [0.15, 0.2) is 58.5 Å². The van der Waals surface area contributed by atoms with Gasteiger partial charge in [0, 0.05) is 15.5 Å². The van der Waals surface area contributed by atoms with E-state index in [1.165, 1.54) is 6.07 Å². The van der Waals surface area contributed by atoms with Crippen LogP contribution in [-0.2, 0) is 4.79 Å². The van der Waals surface area contributed by atoms with Crippen LogP contribution in [0.2, 0.25) is 5.02 Å². The number of nitrogens with one attached hydrogen (secondary N) is 1. The number of carbonyl (C=O) groups is 1. The molecule has 0 aliphatic carbocycles. The largest absolute Gasteiger partial charge is 0.272 e. The van der Waals surface area contributed by atoms with E-state index in [9.17, 15) is 9.18 Å². The molecule has 22 heavy (non-hydrogen) atoms. The normalized spacial score (nSPS) is 11.3. The molecule has 0 saturated carbocycles. The Kier molecular flexibility index (Phi) is 5.98. The maximum absolute atomic E-state index is 13.4. The van der Waals surface area contributed by atoms with E-state index in [2.05, 4.69) is 10.5 Å². The maximum Gasteiger partial charge on any atom is 0.250 e. The van der Waals surface area contributed by atoms with Gasteiger partial charge in [0.15, 0.2) is 0 Å². The molecule has 2 aromatic carbocycles. The molecule has 1 amide bonds. The smallest absolute Gasteiger partial charge is 0.250 e. The van der Waals surface area contributed by atoms with Crippen molar-refractivity contribution in [2.45, 2.75) is 11.8 Å². The molecule has 0 atom stereocenters. The molecule has 0 aromatic heterocycles. The van der Waals surface area contributed by atoms with E-state index < -0.39 is 0 Å². The number of rotatable bonds is 5. The van der Waals surface area contributed by atoms with E-state index >= 15 is 0 Å². The third-order valence-corrected chi connectivity index (χ3v) is 4.19. The topological polar surface area (TPSA) is 41.5 Å². The lowest BCUT2D eigenvalue weighted by atomic mass is 10.1. The van der Waals surface area contributed by atoms with E-state index in [1.807, 2.05) is 18.2 Å². The molecule has 0 saturated heterocycles. The van der Waals surface area contributed by atoms with Crippen LogP contribution in [0.3, 0.4) is 0 Å². The molecule has 0 radical (unpaired) electrons. The fraction of sp³-hybridized carbons (Fsp3) is 0.125. The summed E-state index contributed by atoms with van der Waals surface area (Å²) in [6.45, 7) is 1.76. The van der Waals surface area contributed by atoms with Gasteiger partial charge in [-0.3, -0.25) is 4.79 Å². The minimum atomic E-state index is -0.337. The van der Waals surface area contributed by atoms with Gasteiger partial charge in [0.05, 0.1) is 11.5 Å². The molecule has 0 unspecified atom stereocenters. The Morgan fingerprint density at radius 2 is 1.91 bits per heavy atom. The number of halogens is 2. The molecule has 0 aliphatic rings. The van der Waals surface area contributed by atoms with Gasteiger partial charge in [0.1, 0.15) is 5.82 Å². The van der Waals surface area contributed by atoms with Gasteiger partial charge in [0.2, 0.25) is 5.91 Å². The molecule has 2 aromatic rings. The first-order valence-electron chi connectivity index (χ1n) is 6.53. The summed E-state index contributed by atoms with van der Waals surface area (Å²) >= 11 is 7.18. The van der Waals surface area contributed by atoms with E-state index in [0.29, 0.717) is 15.6 Å². The standard InChI is InChI=1S/C16H14ClFN2OS/c1-11(12-6-2-3-7-13(12)17)19-20-16(21)10-22-15-9-5-4-8-14(15)18/h2-9H,10H2,1H3,(H,20,21)/b19-11-. The van der Waals surface area contributed by atoms with Gasteiger partial charge in [-0.1, -0.05) is 41.9 Å². The van der Waals surface area contributed by atoms with Gasteiger partial charge < -0.3 is 0 Å². The fourth-order valence-electron chi connectivity index (χ4n) is 1.70. The second kappa shape index (κ2) is 7.96. The zero-order chi connectivity index (χ0) is 15.9. The number of hydrogen-bond donors (Lipinski definition) is 1. The van der Waals surface area contributed by atoms with Crippen molar-refractivity contribution in [2.75, 3.05) is 5.75 Å². The molecular formula is C16H14ClFN2OS. The van der Waals surface area contributed by atoms with E-state index in [1.54, 1.807) is 31.2 Å². The number of carbonyl (C=O) groups excluding carboxylic acids is 1. The molecule has 0 fully saturated rings. The van der Waals surface area contributed by atoms with Crippen molar-refractivity contribution in [1.82, 2.24) is 5.43 Å². The zero-order valence-electron chi connectivity index (χ0n) is 11.8. The first kappa shape index (κ1) is 16.5. The van der Waals surface area contributed by atoms with Crippen LogP contribution in [-0.4, -0.2) is 17.4 Å². The SMILES string of the molecule is C/C(=N/NC(=O)CSc1ccccc1F)c1ccccc1Cl. The van der Waals surface area contributed by atoms with E-state index in [-0.39, 0.29) is 17.5 Å². The zero-order valence-corrected chi connectivity index (χ0v) is 13.4. The minimum Gasteiger partial charge on any atom is -0.272 e. The lowest BCUT2D eigenvalue weighted by molar-refractivity contribution is -0.118. The second-order valence-electron chi connectivity index (χ2n) is 4.43. The predicted molar refractivity (Wildman–Crippen MR) is 88.9 cm³/mol. The lowest BCUT2D eigenvalue weighted by Gasteiger charge is -2.05. The number of nitrogens with zero attached hydrogens (tertiary/aromatic N) is 1. The third-order valence-electron chi connectivity index (χ3n) is 2.81. The van der Waals surface area contributed by atoms with Crippen LogP contribution < -0.4 is 5.43 Å². The molecule has 0 heterocycles. The Hall–Kier alpha value is -1.85. The van der Waals surface area contributed by atoms with Gasteiger partial charge in [-0.15, -0.1) is 11.8 Å². The number of hydrazone groups is 1. The molecule has 2 rings (SSSR count). The van der Waals surface area contributed by atoms with Crippen molar-refractivity contribution in [3.05, 3.63) is 64.9 Å². The second-order valence-corrected chi connectivity index (χ2v) is 5.86. The van der Waals surface area contributed by atoms with Crippen LogP contribution in [0.4, 0.5) is 4.39 Å². The number of hydrogen-bond acceptors (Lipinski definition) is 3. The summed E-state index contributed by atoms with van der Waals surface area (Å²) in [6.07, 6.45) is 0. The Morgan fingerprint density at radius 1 is 1.23 bits per heavy atom. The molecule has 1 N–H and O–H groups in total. The first-order chi connectivity index (χ1) is 10.6. The van der Waals surface area contributed by atoms with Crippen molar-refractivity contribution in [1.29, 1.82) is 0 Å². The van der Waals surface area contributed by atoms with Crippen molar-refractivity contribution >= 4 is 35.0 Å². The maximum atomic E-state index is 13.4. The van der Waals surface area contributed by atoms with E-state index in [4.69, 9.17) is 11.6 Å². The average molecular weight is 337 g/mol. The van der Waals surface area contributed by atoms with Crippen molar-refractivity contribution in [3.63, 3.8) is 0 Å². The van der Waals surface area contributed by atoms with Crippen molar-refractivity contribution < 1.29 is 9.18 Å². The van der Waals surface area contributed by atoms with Crippen molar-refractivity contribution in [2.24, 2.45) is 5.10 Å². The van der Waals surface area contributed by atoms with Crippen LogP contribution >= 0.6 is 23.4 Å². The molecule has 0 aliphatic heterocycles. The number of thioether (sulfide) groups is 1. The molecule has 3 nitrogen and oxygen atoms in total. The molecule has 6 heteroatoms. The predicted octanol–water partition coefficient (Wildman–Crippen LogP) is 4.11. The van der Waals surface area contributed by atoms with Crippen LogP contribution in [0.1, 0.15) is 12.5 Å². The molecule has 0 bridgehead atoms. The molecule has 114 valence electrons. The van der Waals surface area contributed by atoms with Gasteiger partial charge >= 0.3 is 0 Å². The van der Waals surface area contributed by atoms with Gasteiger partial charge in [-0.2, -0.15) is 5.10 Å². The number of amides is 1. The minimum absolute atomic E-state index is 0.0836. The summed E-state index contributed by atoms with van der Waals surface area (Å²) in [5.41, 5.74) is 3.81. The Bertz CT molecular complexity index is 706. The highest BCUT2D eigenvalue weighted by atomic mass is 35.5. The summed E-state index contributed by atoms with van der Waals surface area (Å²) in [4.78, 5) is 12.2. The Morgan fingerprint density at radius 3 is 2.64 bits per heavy atom. The monoisotopic (exact) mass is 336 g/mol. The van der Waals surface area contributed by atoms with Gasteiger partial charge in [0.25, 0.3) is 0 Å². The van der Waals surface area contributed by atoms with Crippen LogP contribution in [0.5, 0.6) is 0 Å². The summed E-state index contributed by atoms with van der Waals surface area (Å²) in [5.74, 6) is -0.559. The fourth-order valence-corrected chi connectivity index (χ4v) is 2.70. The molecule has 0 spiro atoms. The summed E-state index contributed by atoms with van der Waals surface area (Å²) < 4.78 is 13.4. The summed E-state index contributed by atoms with van der Waals surface area (Å²) in [7, 11) is 0. The average Bonchev–Trinajstić information content (AvgIpc) is 2.52. The Labute approximate surface area is 137 Å². The summed E-state index contributed by atoms with van der Waals surface area (Å²) in [5, 5.41) is 4.58. The summed E-state index contributed by atoms with van der Waals surface area (Å²) in [6, 6.07) is 13.6. The van der Waals surface area contributed by atoms with Crippen molar-refractivity contribution in [3.8, 4) is 0 Å². The van der Waals surface area contributed by atoms with Crippen LogP contribution in [0, 0.1) is 5.82 Å². The highest BCUT2D eigenvalue weighted by Crippen LogP contribution is 2.20. The first-order valence-corrected chi connectivity index (χ1v) is 7.89. The quantitative estimate of drug-likeness (QED) is 0.507. The Balaban J connectivity index is 1.91. The highest BCUT2D eigenvalue weighted by molar-refractivity contribution is 8.00. The highest BCUT2D eigenvalue weighted by Gasteiger charge is 2.07. The van der Waals surface area contributed by atoms with Gasteiger partial charge in [-0.25, -0.2) is 9.82 Å². The van der Waals surface area contributed by atoms with Crippen LogP contribution in [0.25, 0.3) is 0 Å². The lowest BCUT2D eigenvalue weighted by Crippen LogP contribution is -2.21. The molecular weight excluding hydrogens is 323 g/mol. The third kappa shape index (κ3) is 4.58. The van der Waals surface area contributed by atoms with Gasteiger partial charge in [-0.05, 0) is 25.1 Å².